The maximum absolute atomic E-state index is 15.2. The number of carbonyl (C=O) groups excluding carboxylic acids is 4. The van der Waals surface area contributed by atoms with E-state index in [9.17, 15) is 36.7 Å². The second-order valence-corrected chi connectivity index (χ2v) is 15.9. The third-order valence-electron chi connectivity index (χ3n) is 7.44. The molecule has 1 aliphatic rings. The maximum atomic E-state index is 15.2. The first kappa shape index (κ1) is 41.5. The summed E-state index contributed by atoms with van der Waals surface area (Å²) in [4.78, 5) is 53.1. The van der Waals surface area contributed by atoms with Crippen LogP contribution in [0.3, 0.4) is 0 Å². The molecule has 4 rings (SSSR count). The number of carbonyl (C=O) groups is 4. The molecule has 0 saturated heterocycles. The van der Waals surface area contributed by atoms with Gasteiger partial charge < -0.3 is 20.1 Å². The fourth-order valence-electron chi connectivity index (χ4n) is 5.13. The van der Waals surface area contributed by atoms with Gasteiger partial charge in [-0.2, -0.15) is 18.1 Å². The van der Waals surface area contributed by atoms with Gasteiger partial charge in [0, 0.05) is 20.5 Å². The van der Waals surface area contributed by atoms with Crippen molar-refractivity contribution in [3.8, 4) is 0 Å². The fraction of sp³-hybridized carbons (Fsp3) is 0.371. The number of rotatable bonds is 6. The summed E-state index contributed by atoms with van der Waals surface area (Å²) in [6.45, 7) is 10.3. The minimum absolute atomic E-state index is 0. The van der Waals surface area contributed by atoms with Crippen LogP contribution in [0.2, 0.25) is 5.02 Å². The minimum atomic E-state index is -5.03. The summed E-state index contributed by atoms with van der Waals surface area (Å²) in [5.41, 5.74) is -5.75. The van der Waals surface area contributed by atoms with E-state index >= 15 is 8.78 Å². The number of aryl methyl sites for hydroxylation is 1. The zero-order chi connectivity index (χ0) is 40.2. The molecule has 2 atom stereocenters. The van der Waals surface area contributed by atoms with Crippen molar-refractivity contribution in [2.75, 3.05) is 15.5 Å². The van der Waals surface area contributed by atoms with Gasteiger partial charge in [-0.15, -0.1) is 23.2 Å². The highest BCUT2D eigenvalue weighted by molar-refractivity contribution is 6.53. The molecule has 18 heteroatoms. The summed E-state index contributed by atoms with van der Waals surface area (Å²) in [6, 6.07) is 5.53. The summed E-state index contributed by atoms with van der Waals surface area (Å²) in [6.07, 6.45) is -7.76. The summed E-state index contributed by atoms with van der Waals surface area (Å²) < 4.78 is 92.7. The van der Waals surface area contributed by atoms with Crippen LogP contribution < -0.4 is 15.5 Å². The van der Waals surface area contributed by atoms with E-state index in [1.807, 2.05) is 0 Å². The van der Waals surface area contributed by atoms with Crippen LogP contribution in [0, 0.1) is 30.3 Å². The molecule has 0 radical (unpaired) electrons. The van der Waals surface area contributed by atoms with Crippen LogP contribution in [0.15, 0.2) is 42.5 Å². The SMILES string of the molecule is Cc1cc(NC(=O)[C@H]2[C@H](c3ccc(F)c(C(F)(F)F)c3)C2(Cl)Cl)cc(C(=O)Nc2cc(N(C(=O)OC(C)(C)C)C(=O)OC(C)(C)C)c(F)cc2F)c1Cl.[HH].[HH]. The molecule has 1 saturated carbocycles. The standard InChI is InChI=1S/C35H32Cl3F6N3O6.2H2/c1-15-10-17(45-29(49)26-25(34(26,37)38)16-8-9-20(39)19(11-16)35(42,43)44)12-18(27(15)36)28(48)46-23-14-24(22(41)13-21(23)40)47(30(50)52-32(2,3)4)31(51)53-33(5,6)7;;/h8-14,25-26H,1-7H3,(H,45,49)(H,46,48);2*1H/t25-,26+;;/m0../s1. The van der Waals surface area contributed by atoms with E-state index < -0.39 is 91.9 Å². The fourth-order valence-corrected chi connectivity index (χ4v) is 6.15. The molecular formula is C35H36Cl3F6N3O6. The maximum Gasteiger partial charge on any atom is 0.424 e. The van der Waals surface area contributed by atoms with E-state index in [1.165, 1.54) is 54.5 Å². The van der Waals surface area contributed by atoms with Gasteiger partial charge in [0.15, 0.2) is 5.82 Å². The summed E-state index contributed by atoms with van der Waals surface area (Å²) in [7, 11) is 0. The van der Waals surface area contributed by atoms with Crippen molar-refractivity contribution in [1.82, 2.24) is 0 Å². The zero-order valence-electron chi connectivity index (χ0n) is 29.0. The van der Waals surface area contributed by atoms with Crippen molar-refractivity contribution < 1.29 is 57.8 Å². The summed E-state index contributed by atoms with van der Waals surface area (Å²) in [5, 5.41) is 4.51. The van der Waals surface area contributed by atoms with Crippen molar-refractivity contribution >= 4 is 75.9 Å². The lowest BCUT2D eigenvalue weighted by atomic mass is 10.0. The van der Waals surface area contributed by atoms with Gasteiger partial charge in [-0.1, -0.05) is 17.7 Å². The second kappa shape index (κ2) is 14.6. The largest absolute Gasteiger partial charge is 0.443 e. The third-order valence-corrected chi connectivity index (χ3v) is 8.88. The van der Waals surface area contributed by atoms with Crippen LogP contribution in [0.4, 0.5) is 53.0 Å². The first-order valence-electron chi connectivity index (χ1n) is 15.5. The van der Waals surface area contributed by atoms with Gasteiger partial charge in [0.05, 0.1) is 33.4 Å². The Balaban J connectivity index is 0.00000523. The monoisotopic (exact) mass is 813 g/mol. The molecule has 1 aliphatic carbocycles. The van der Waals surface area contributed by atoms with Gasteiger partial charge in [0.1, 0.15) is 27.2 Å². The predicted octanol–water partition coefficient (Wildman–Crippen LogP) is 11.0. The van der Waals surface area contributed by atoms with Crippen molar-refractivity contribution in [1.29, 1.82) is 0 Å². The van der Waals surface area contributed by atoms with Crippen molar-refractivity contribution in [2.24, 2.45) is 5.92 Å². The third kappa shape index (κ3) is 9.48. The van der Waals surface area contributed by atoms with E-state index in [4.69, 9.17) is 44.3 Å². The number of benzene rings is 3. The highest BCUT2D eigenvalue weighted by atomic mass is 35.5. The molecule has 1 fully saturated rings. The predicted molar refractivity (Wildman–Crippen MR) is 190 cm³/mol. The lowest BCUT2D eigenvalue weighted by molar-refractivity contribution is -0.140. The lowest BCUT2D eigenvalue weighted by Gasteiger charge is -2.29. The van der Waals surface area contributed by atoms with Crippen molar-refractivity contribution in [2.45, 2.75) is 76.1 Å². The number of nitrogens with zero attached hydrogens (tertiary/aromatic N) is 1. The van der Waals surface area contributed by atoms with Gasteiger partial charge in [-0.05, 0) is 89.9 Å². The van der Waals surface area contributed by atoms with Crippen molar-refractivity contribution in [3.63, 3.8) is 0 Å². The average Bonchev–Trinajstić information content (AvgIpc) is 3.56. The molecule has 3 aromatic carbocycles. The molecule has 0 aromatic heterocycles. The number of nitrogens with one attached hydrogen (secondary N) is 2. The van der Waals surface area contributed by atoms with Crippen LogP contribution in [0.1, 0.15) is 77.4 Å². The summed E-state index contributed by atoms with van der Waals surface area (Å²) in [5.74, 6) is -8.68. The second-order valence-electron chi connectivity index (χ2n) is 14.0. The number of hydrogen-bond donors (Lipinski definition) is 2. The van der Waals surface area contributed by atoms with E-state index in [0.717, 1.165) is 12.1 Å². The van der Waals surface area contributed by atoms with Gasteiger partial charge in [-0.3, -0.25) is 9.59 Å². The first-order valence-corrected chi connectivity index (χ1v) is 16.7. The minimum Gasteiger partial charge on any atom is -0.443 e. The molecule has 0 spiro atoms. The Hall–Kier alpha value is -4.21. The normalized spacial score (nSPS) is 16.8. The van der Waals surface area contributed by atoms with Crippen LogP contribution in [-0.2, 0) is 20.4 Å². The number of imide groups is 1. The smallest absolute Gasteiger partial charge is 0.424 e. The first-order chi connectivity index (χ1) is 24.1. The average molecular weight is 815 g/mol. The summed E-state index contributed by atoms with van der Waals surface area (Å²) >= 11 is 19.0. The van der Waals surface area contributed by atoms with Crippen LogP contribution in [-0.4, -0.2) is 39.5 Å². The van der Waals surface area contributed by atoms with Crippen molar-refractivity contribution in [3.05, 3.63) is 87.2 Å². The van der Waals surface area contributed by atoms with Crippen LogP contribution in [0.5, 0.6) is 0 Å². The molecule has 290 valence electrons. The highest BCUT2D eigenvalue weighted by Crippen LogP contribution is 2.65. The van der Waals surface area contributed by atoms with E-state index in [0.29, 0.717) is 24.3 Å². The molecule has 0 aliphatic heterocycles. The topological polar surface area (TPSA) is 114 Å². The molecule has 4 amide bonds. The highest BCUT2D eigenvalue weighted by Gasteiger charge is 2.67. The molecule has 0 bridgehead atoms. The van der Waals surface area contributed by atoms with Crippen LogP contribution >= 0.6 is 34.8 Å². The Kier molecular flexibility index (Phi) is 11.4. The quantitative estimate of drug-likeness (QED) is 0.189. The number of alkyl halides is 5. The molecule has 53 heavy (non-hydrogen) atoms. The Bertz CT molecular complexity index is 1980. The molecule has 0 unspecified atom stereocenters. The molecule has 9 nitrogen and oxygen atoms in total. The van der Waals surface area contributed by atoms with E-state index in [2.05, 4.69) is 10.6 Å². The van der Waals surface area contributed by atoms with E-state index in [-0.39, 0.29) is 35.2 Å². The number of hydrogen-bond acceptors (Lipinski definition) is 6. The van der Waals surface area contributed by atoms with E-state index in [1.54, 1.807) is 0 Å². The number of amides is 4. The number of halogens is 9. The molecular weight excluding hydrogens is 779 g/mol. The molecule has 0 heterocycles. The van der Waals surface area contributed by atoms with Gasteiger partial charge in [-0.25, -0.2) is 22.8 Å². The Morgan fingerprint density at radius 3 is 1.91 bits per heavy atom. The number of ether oxygens (including phenoxy) is 2. The lowest BCUT2D eigenvalue weighted by Crippen LogP contribution is -2.44. The Morgan fingerprint density at radius 1 is 0.811 bits per heavy atom. The zero-order valence-corrected chi connectivity index (χ0v) is 31.3. The van der Waals surface area contributed by atoms with Gasteiger partial charge >= 0.3 is 18.4 Å². The Labute approximate surface area is 317 Å². The van der Waals surface area contributed by atoms with Gasteiger partial charge in [0.2, 0.25) is 5.91 Å². The van der Waals surface area contributed by atoms with Gasteiger partial charge in [0.25, 0.3) is 5.91 Å². The Morgan fingerprint density at radius 2 is 1.38 bits per heavy atom. The number of anilines is 3. The van der Waals surface area contributed by atoms with Crippen LogP contribution in [0.25, 0.3) is 0 Å². The molecule has 2 N–H and O–H groups in total. The molecule has 3 aromatic rings.